The van der Waals surface area contributed by atoms with E-state index in [0.717, 1.165) is 12.8 Å². The smallest absolute Gasteiger partial charge is 0.309 e. The van der Waals surface area contributed by atoms with E-state index in [4.69, 9.17) is 0 Å². The van der Waals surface area contributed by atoms with Gasteiger partial charge in [0.15, 0.2) is 0 Å². The molecule has 1 atom stereocenters. The molecule has 74 valence electrons. The molecule has 0 aromatic rings. The lowest BCUT2D eigenvalue weighted by Gasteiger charge is -2.14. The second kappa shape index (κ2) is 5.02. The Morgan fingerprint density at radius 3 is 2.77 bits per heavy atom. The minimum absolute atomic E-state index is 0.0504. The first kappa shape index (κ1) is 10.3. The first-order valence-electron chi connectivity index (χ1n) is 4.70. The van der Waals surface area contributed by atoms with E-state index in [1.54, 1.807) is 0 Å². The van der Waals surface area contributed by atoms with Crippen LogP contribution in [0.25, 0.3) is 0 Å². The molecule has 0 radical (unpaired) electrons. The Kier molecular flexibility index (Phi) is 3.96. The second-order valence-corrected chi connectivity index (χ2v) is 3.47. The van der Waals surface area contributed by atoms with E-state index in [-0.39, 0.29) is 11.9 Å². The summed E-state index contributed by atoms with van der Waals surface area (Å²) in [6, 6.07) is 0.520. The van der Waals surface area contributed by atoms with Gasteiger partial charge in [0.05, 0.1) is 13.0 Å². The van der Waals surface area contributed by atoms with Gasteiger partial charge in [0.1, 0.15) is 0 Å². The minimum atomic E-state index is -0.140. The summed E-state index contributed by atoms with van der Waals surface area (Å²) >= 11 is 0. The molecule has 0 aromatic carbocycles. The lowest BCUT2D eigenvalue weighted by Crippen LogP contribution is -2.33. The van der Waals surface area contributed by atoms with E-state index in [1.165, 1.54) is 7.11 Å². The molecule has 0 aromatic heterocycles. The second-order valence-electron chi connectivity index (χ2n) is 3.47. The van der Waals surface area contributed by atoms with Crippen molar-refractivity contribution in [1.82, 2.24) is 5.32 Å². The van der Waals surface area contributed by atoms with Gasteiger partial charge in [0.25, 0.3) is 0 Å². The van der Waals surface area contributed by atoms with Gasteiger partial charge in [-0.25, -0.2) is 0 Å². The molecule has 0 amide bonds. The molecule has 0 aliphatic heterocycles. The van der Waals surface area contributed by atoms with E-state index in [9.17, 15) is 4.79 Å². The van der Waals surface area contributed by atoms with Crippen molar-refractivity contribution in [3.63, 3.8) is 0 Å². The Labute approximate surface area is 79.2 Å². The highest BCUT2D eigenvalue weighted by Gasteiger charge is 2.15. The molecule has 0 fully saturated rings. The number of hydrogen-bond donors (Lipinski definition) is 1. The predicted octanol–water partition coefficient (Wildman–Crippen LogP) is 1.10. The van der Waals surface area contributed by atoms with Gasteiger partial charge in [0, 0.05) is 12.6 Å². The average molecular weight is 183 g/mol. The highest BCUT2D eigenvalue weighted by molar-refractivity contribution is 5.72. The van der Waals surface area contributed by atoms with E-state index in [1.807, 2.05) is 6.92 Å². The first-order valence-corrected chi connectivity index (χ1v) is 4.70. The summed E-state index contributed by atoms with van der Waals surface area (Å²) in [4.78, 5) is 11.0. The minimum Gasteiger partial charge on any atom is -0.469 e. The van der Waals surface area contributed by atoms with Crippen molar-refractivity contribution in [1.29, 1.82) is 0 Å². The maximum atomic E-state index is 11.0. The molecule has 13 heavy (non-hydrogen) atoms. The number of carbonyl (C=O) groups excluding carboxylic acids is 1. The van der Waals surface area contributed by atoms with Crippen molar-refractivity contribution in [2.45, 2.75) is 25.8 Å². The Bertz CT molecular complexity index is 193. The number of nitrogens with one attached hydrogen (secondary N) is 1. The lowest BCUT2D eigenvalue weighted by atomic mass is 10.1. The summed E-state index contributed by atoms with van der Waals surface area (Å²) in [5, 5.41) is 3.33. The standard InChI is InChI=1S/C10H17NO2/c1-8(10(12)13-2)7-11-9-5-3-4-6-9/h3-4,8-9,11H,5-7H2,1-2H3. The number of hydrogen-bond acceptors (Lipinski definition) is 3. The SMILES string of the molecule is COC(=O)C(C)CNC1CC=CC1. The van der Waals surface area contributed by atoms with Crippen LogP contribution in [0.4, 0.5) is 0 Å². The Morgan fingerprint density at radius 2 is 2.23 bits per heavy atom. The molecule has 1 unspecified atom stereocenters. The largest absolute Gasteiger partial charge is 0.469 e. The molecule has 3 nitrogen and oxygen atoms in total. The molecule has 1 N–H and O–H groups in total. The maximum absolute atomic E-state index is 11.0. The van der Waals surface area contributed by atoms with Gasteiger partial charge in [-0.05, 0) is 12.8 Å². The van der Waals surface area contributed by atoms with Crippen LogP contribution >= 0.6 is 0 Å². The van der Waals surface area contributed by atoms with Crippen LogP contribution in [0.1, 0.15) is 19.8 Å². The summed E-state index contributed by atoms with van der Waals surface area (Å²) in [5.41, 5.74) is 0. The fourth-order valence-corrected chi connectivity index (χ4v) is 1.41. The molecule has 0 heterocycles. The van der Waals surface area contributed by atoms with Crippen LogP contribution in [0.3, 0.4) is 0 Å². The molecular formula is C10H17NO2. The number of ether oxygens (including phenoxy) is 1. The molecule has 0 spiro atoms. The van der Waals surface area contributed by atoms with E-state index in [0.29, 0.717) is 12.6 Å². The topological polar surface area (TPSA) is 38.3 Å². The van der Waals surface area contributed by atoms with Crippen molar-refractivity contribution in [2.24, 2.45) is 5.92 Å². The molecule has 1 rings (SSSR count). The molecule has 0 bridgehead atoms. The van der Waals surface area contributed by atoms with Crippen LogP contribution in [-0.2, 0) is 9.53 Å². The number of esters is 1. The van der Waals surface area contributed by atoms with Gasteiger partial charge in [-0.1, -0.05) is 19.1 Å². The number of methoxy groups -OCH3 is 1. The Morgan fingerprint density at radius 1 is 1.62 bits per heavy atom. The normalized spacial score (nSPS) is 18.9. The summed E-state index contributed by atoms with van der Waals surface area (Å²) in [6.07, 6.45) is 6.49. The third-order valence-electron chi connectivity index (χ3n) is 2.32. The van der Waals surface area contributed by atoms with Crippen LogP contribution in [0.5, 0.6) is 0 Å². The molecule has 1 aliphatic carbocycles. The quantitative estimate of drug-likeness (QED) is 0.524. The molecule has 0 saturated carbocycles. The zero-order valence-electron chi connectivity index (χ0n) is 8.25. The van der Waals surface area contributed by atoms with Gasteiger partial charge >= 0.3 is 5.97 Å². The van der Waals surface area contributed by atoms with Crippen molar-refractivity contribution in [2.75, 3.05) is 13.7 Å². The molecule has 0 saturated heterocycles. The number of rotatable bonds is 4. The Balaban J connectivity index is 2.14. The Hall–Kier alpha value is -0.830. The zero-order valence-corrected chi connectivity index (χ0v) is 8.25. The average Bonchev–Trinajstić information content (AvgIpc) is 2.65. The van der Waals surface area contributed by atoms with E-state index >= 15 is 0 Å². The third kappa shape index (κ3) is 3.19. The van der Waals surface area contributed by atoms with Gasteiger partial charge in [0.2, 0.25) is 0 Å². The summed E-state index contributed by atoms with van der Waals surface area (Å²) in [5.74, 6) is -0.191. The monoisotopic (exact) mass is 183 g/mol. The van der Waals surface area contributed by atoms with Crippen molar-refractivity contribution >= 4 is 5.97 Å². The molecule has 1 aliphatic rings. The number of carbonyl (C=O) groups is 1. The predicted molar refractivity (Wildman–Crippen MR) is 51.3 cm³/mol. The van der Waals surface area contributed by atoms with Crippen molar-refractivity contribution < 1.29 is 9.53 Å². The highest BCUT2D eigenvalue weighted by Crippen LogP contribution is 2.09. The van der Waals surface area contributed by atoms with E-state index < -0.39 is 0 Å². The first-order chi connectivity index (χ1) is 6.24. The van der Waals surface area contributed by atoms with Gasteiger partial charge in [-0.15, -0.1) is 0 Å². The van der Waals surface area contributed by atoms with Gasteiger partial charge in [-0.3, -0.25) is 4.79 Å². The highest BCUT2D eigenvalue weighted by atomic mass is 16.5. The zero-order chi connectivity index (χ0) is 9.68. The van der Waals surface area contributed by atoms with Crippen molar-refractivity contribution in [3.05, 3.63) is 12.2 Å². The summed E-state index contributed by atoms with van der Waals surface area (Å²) in [7, 11) is 1.43. The lowest BCUT2D eigenvalue weighted by molar-refractivity contribution is -0.144. The maximum Gasteiger partial charge on any atom is 0.309 e. The molecule has 3 heteroatoms. The fourth-order valence-electron chi connectivity index (χ4n) is 1.41. The fraction of sp³-hybridized carbons (Fsp3) is 0.700. The summed E-state index contributed by atoms with van der Waals surface area (Å²) in [6.45, 7) is 2.58. The third-order valence-corrected chi connectivity index (χ3v) is 2.32. The van der Waals surface area contributed by atoms with Crippen molar-refractivity contribution in [3.8, 4) is 0 Å². The molecular weight excluding hydrogens is 166 g/mol. The van der Waals surface area contributed by atoms with Crippen LogP contribution in [0.15, 0.2) is 12.2 Å². The van der Waals surface area contributed by atoms with Gasteiger partial charge < -0.3 is 10.1 Å². The van der Waals surface area contributed by atoms with Crippen LogP contribution in [0, 0.1) is 5.92 Å². The van der Waals surface area contributed by atoms with Crippen LogP contribution in [-0.4, -0.2) is 25.7 Å². The van der Waals surface area contributed by atoms with Crippen LogP contribution < -0.4 is 5.32 Å². The van der Waals surface area contributed by atoms with Gasteiger partial charge in [-0.2, -0.15) is 0 Å². The van der Waals surface area contributed by atoms with Crippen LogP contribution in [0.2, 0.25) is 0 Å². The van der Waals surface area contributed by atoms with E-state index in [2.05, 4.69) is 22.2 Å². The summed E-state index contributed by atoms with van der Waals surface area (Å²) < 4.78 is 4.63.